The van der Waals surface area contributed by atoms with Gasteiger partial charge in [-0.25, -0.2) is 4.79 Å². The van der Waals surface area contributed by atoms with Gasteiger partial charge in [0.1, 0.15) is 17.9 Å². The standard InChI is InChI=1S/C15H12O4/c16-11-19-14-9-5-4-8-13(14)15(17)18-10-12-6-2-1-3-7-12/h1-9,11H,10H2. The normalized spacial score (nSPS) is 9.68. The van der Waals surface area contributed by atoms with Gasteiger partial charge in [-0.3, -0.25) is 4.79 Å². The van der Waals surface area contributed by atoms with E-state index < -0.39 is 5.97 Å². The minimum absolute atomic E-state index is 0.176. The number of carbonyl (C=O) groups excluding carboxylic acids is 2. The second kappa shape index (κ2) is 6.35. The third-order valence-electron chi connectivity index (χ3n) is 2.49. The van der Waals surface area contributed by atoms with Crippen LogP contribution in [0.4, 0.5) is 0 Å². The highest BCUT2D eigenvalue weighted by Gasteiger charge is 2.13. The maximum atomic E-state index is 11.9. The van der Waals surface area contributed by atoms with Crippen molar-refractivity contribution in [1.82, 2.24) is 0 Å². The molecule has 0 aromatic heterocycles. The molecule has 4 heteroatoms. The van der Waals surface area contributed by atoms with Crippen LogP contribution in [-0.2, 0) is 16.1 Å². The van der Waals surface area contributed by atoms with Gasteiger partial charge in [0.15, 0.2) is 0 Å². The first-order valence-corrected chi connectivity index (χ1v) is 5.71. The van der Waals surface area contributed by atoms with Gasteiger partial charge in [0.05, 0.1) is 0 Å². The van der Waals surface area contributed by atoms with Gasteiger partial charge in [-0.05, 0) is 17.7 Å². The molecule has 0 aliphatic carbocycles. The summed E-state index contributed by atoms with van der Waals surface area (Å²) in [5.74, 6) is -0.336. The van der Waals surface area contributed by atoms with E-state index in [4.69, 9.17) is 9.47 Å². The van der Waals surface area contributed by atoms with E-state index in [1.54, 1.807) is 18.2 Å². The van der Waals surface area contributed by atoms with E-state index in [0.29, 0.717) is 0 Å². The van der Waals surface area contributed by atoms with E-state index in [0.717, 1.165) is 5.56 Å². The second-order valence-electron chi connectivity index (χ2n) is 3.77. The lowest BCUT2D eigenvalue weighted by Gasteiger charge is -2.07. The smallest absolute Gasteiger partial charge is 0.342 e. The molecule has 0 aliphatic rings. The highest BCUT2D eigenvalue weighted by Crippen LogP contribution is 2.18. The lowest BCUT2D eigenvalue weighted by molar-refractivity contribution is -0.120. The Kier molecular flexibility index (Phi) is 4.29. The minimum atomic E-state index is -0.527. The molecule has 0 heterocycles. The molecule has 2 aromatic rings. The van der Waals surface area contributed by atoms with Gasteiger partial charge in [0.2, 0.25) is 0 Å². The Morgan fingerprint density at radius 2 is 1.68 bits per heavy atom. The Bertz CT molecular complexity index is 563. The van der Waals surface area contributed by atoms with Crippen molar-refractivity contribution >= 4 is 12.4 Å². The minimum Gasteiger partial charge on any atom is -0.457 e. The molecule has 0 bridgehead atoms. The fourth-order valence-corrected chi connectivity index (χ4v) is 1.59. The summed E-state index contributed by atoms with van der Waals surface area (Å²) in [6.07, 6.45) is 0. The largest absolute Gasteiger partial charge is 0.457 e. The second-order valence-corrected chi connectivity index (χ2v) is 3.77. The van der Waals surface area contributed by atoms with Crippen molar-refractivity contribution in [3.8, 4) is 5.75 Å². The molecule has 2 aromatic carbocycles. The Hall–Kier alpha value is -2.62. The predicted molar refractivity (Wildman–Crippen MR) is 68.7 cm³/mol. The number of para-hydroxylation sites is 1. The highest BCUT2D eigenvalue weighted by atomic mass is 16.5. The van der Waals surface area contributed by atoms with E-state index in [2.05, 4.69) is 0 Å². The topological polar surface area (TPSA) is 52.6 Å². The van der Waals surface area contributed by atoms with Crippen molar-refractivity contribution in [3.63, 3.8) is 0 Å². The molecule has 0 radical (unpaired) electrons. The molecule has 0 saturated heterocycles. The molecule has 2 rings (SSSR count). The van der Waals surface area contributed by atoms with Crippen LogP contribution in [0.25, 0.3) is 0 Å². The van der Waals surface area contributed by atoms with Crippen LogP contribution in [-0.4, -0.2) is 12.4 Å². The van der Waals surface area contributed by atoms with Crippen molar-refractivity contribution in [2.45, 2.75) is 6.61 Å². The zero-order valence-corrected chi connectivity index (χ0v) is 10.1. The summed E-state index contributed by atoms with van der Waals surface area (Å²) in [5.41, 5.74) is 1.12. The maximum Gasteiger partial charge on any atom is 0.342 e. The SMILES string of the molecule is O=COc1ccccc1C(=O)OCc1ccccc1. The van der Waals surface area contributed by atoms with Crippen LogP contribution < -0.4 is 4.74 Å². The predicted octanol–water partition coefficient (Wildman–Crippen LogP) is 2.58. The zero-order chi connectivity index (χ0) is 13.5. The lowest BCUT2D eigenvalue weighted by Crippen LogP contribution is -2.07. The Balaban J connectivity index is 2.06. The van der Waals surface area contributed by atoms with Crippen LogP contribution in [0.3, 0.4) is 0 Å². The summed E-state index contributed by atoms with van der Waals surface area (Å²) in [6, 6.07) is 15.8. The first-order valence-electron chi connectivity index (χ1n) is 5.71. The van der Waals surface area contributed by atoms with Crippen molar-refractivity contribution in [2.75, 3.05) is 0 Å². The number of carbonyl (C=O) groups is 2. The van der Waals surface area contributed by atoms with E-state index in [-0.39, 0.29) is 24.4 Å². The molecule has 0 atom stereocenters. The number of hydrogen-bond donors (Lipinski definition) is 0. The van der Waals surface area contributed by atoms with Crippen molar-refractivity contribution < 1.29 is 19.1 Å². The Labute approximate surface area is 110 Å². The van der Waals surface area contributed by atoms with E-state index >= 15 is 0 Å². The van der Waals surface area contributed by atoms with Crippen molar-refractivity contribution in [3.05, 3.63) is 65.7 Å². The fourth-order valence-electron chi connectivity index (χ4n) is 1.59. The van der Waals surface area contributed by atoms with Gasteiger partial charge in [-0.15, -0.1) is 0 Å². The summed E-state index contributed by atoms with van der Waals surface area (Å²) in [4.78, 5) is 22.2. The van der Waals surface area contributed by atoms with Crippen LogP contribution in [0.5, 0.6) is 5.75 Å². The number of hydrogen-bond acceptors (Lipinski definition) is 4. The quantitative estimate of drug-likeness (QED) is 0.609. The number of rotatable bonds is 5. The Morgan fingerprint density at radius 1 is 1.00 bits per heavy atom. The Morgan fingerprint density at radius 3 is 2.42 bits per heavy atom. The van der Waals surface area contributed by atoms with Gasteiger partial charge in [0, 0.05) is 0 Å². The average molecular weight is 256 g/mol. The lowest BCUT2D eigenvalue weighted by atomic mass is 10.2. The summed E-state index contributed by atoms with van der Waals surface area (Å²) in [6.45, 7) is 0.457. The number of benzene rings is 2. The first-order chi connectivity index (χ1) is 9.31. The third-order valence-corrected chi connectivity index (χ3v) is 2.49. The molecule has 0 spiro atoms. The summed E-state index contributed by atoms with van der Waals surface area (Å²) < 4.78 is 9.90. The van der Waals surface area contributed by atoms with Gasteiger partial charge >= 0.3 is 5.97 Å². The molecule has 0 aliphatic heterocycles. The fraction of sp³-hybridized carbons (Fsp3) is 0.0667. The van der Waals surface area contributed by atoms with Crippen molar-refractivity contribution in [1.29, 1.82) is 0 Å². The van der Waals surface area contributed by atoms with E-state index in [1.165, 1.54) is 6.07 Å². The molecule has 0 amide bonds. The molecular formula is C15H12O4. The van der Waals surface area contributed by atoms with Crippen molar-refractivity contribution in [2.24, 2.45) is 0 Å². The molecule has 19 heavy (non-hydrogen) atoms. The van der Waals surface area contributed by atoms with Crippen LogP contribution in [0.2, 0.25) is 0 Å². The molecule has 96 valence electrons. The summed E-state index contributed by atoms with van der Waals surface area (Å²) in [7, 11) is 0. The zero-order valence-electron chi connectivity index (χ0n) is 10.1. The average Bonchev–Trinajstić information content (AvgIpc) is 2.47. The maximum absolute atomic E-state index is 11.9. The van der Waals surface area contributed by atoms with Crippen LogP contribution in [0, 0.1) is 0 Å². The van der Waals surface area contributed by atoms with Crippen LogP contribution in [0.1, 0.15) is 15.9 Å². The number of ether oxygens (including phenoxy) is 2. The van der Waals surface area contributed by atoms with E-state index in [9.17, 15) is 9.59 Å². The van der Waals surface area contributed by atoms with E-state index in [1.807, 2.05) is 30.3 Å². The van der Waals surface area contributed by atoms with Crippen LogP contribution >= 0.6 is 0 Å². The number of esters is 1. The van der Waals surface area contributed by atoms with Gasteiger partial charge in [0.25, 0.3) is 6.47 Å². The van der Waals surface area contributed by atoms with Crippen LogP contribution in [0.15, 0.2) is 54.6 Å². The third kappa shape index (κ3) is 3.42. The summed E-state index contributed by atoms with van der Waals surface area (Å²) >= 11 is 0. The van der Waals surface area contributed by atoms with Gasteiger partial charge < -0.3 is 9.47 Å². The molecule has 0 saturated carbocycles. The molecule has 0 fully saturated rings. The molecule has 0 unspecified atom stereocenters. The molecule has 0 N–H and O–H groups in total. The van der Waals surface area contributed by atoms with Gasteiger partial charge in [-0.1, -0.05) is 42.5 Å². The molecular weight excluding hydrogens is 244 g/mol. The van der Waals surface area contributed by atoms with Gasteiger partial charge in [-0.2, -0.15) is 0 Å². The first kappa shape index (κ1) is 12.8. The summed E-state index contributed by atoms with van der Waals surface area (Å²) in [5, 5.41) is 0. The monoisotopic (exact) mass is 256 g/mol. The highest BCUT2D eigenvalue weighted by molar-refractivity contribution is 5.92. The molecule has 4 nitrogen and oxygen atoms in total.